The summed E-state index contributed by atoms with van der Waals surface area (Å²) in [5.74, 6) is 2.40. The van der Waals surface area contributed by atoms with Crippen LogP contribution in [0.1, 0.15) is 32.3 Å². The van der Waals surface area contributed by atoms with Gasteiger partial charge in [0.15, 0.2) is 23.0 Å². The van der Waals surface area contributed by atoms with Gasteiger partial charge < -0.3 is 24.3 Å². The van der Waals surface area contributed by atoms with Gasteiger partial charge in [-0.1, -0.05) is 0 Å². The number of methoxy groups -OCH3 is 3. The summed E-state index contributed by atoms with van der Waals surface area (Å²) >= 11 is 0. The highest BCUT2D eigenvalue weighted by Crippen LogP contribution is 2.31. The van der Waals surface area contributed by atoms with Crippen LogP contribution in [0.5, 0.6) is 23.0 Å². The molecule has 0 spiro atoms. The molecule has 1 aliphatic heterocycles. The van der Waals surface area contributed by atoms with Gasteiger partial charge in [0.1, 0.15) is 6.04 Å². The highest BCUT2D eigenvalue weighted by molar-refractivity contribution is 5.95. The van der Waals surface area contributed by atoms with Crippen LogP contribution >= 0.6 is 0 Å². The van der Waals surface area contributed by atoms with E-state index in [9.17, 15) is 4.79 Å². The van der Waals surface area contributed by atoms with E-state index in [0.717, 1.165) is 18.4 Å². The van der Waals surface area contributed by atoms with Gasteiger partial charge in [-0.3, -0.25) is 9.80 Å². The van der Waals surface area contributed by atoms with Gasteiger partial charge in [0.05, 0.1) is 33.6 Å². The van der Waals surface area contributed by atoms with E-state index in [0.29, 0.717) is 35.2 Å². The van der Waals surface area contributed by atoms with Crippen molar-refractivity contribution in [3.05, 3.63) is 42.0 Å². The highest BCUT2D eigenvalue weighted by atomic mass is 16.5. The number of rotatable bonds is 9. The largest absolute Gasteiger partial charge is 0.493 e. The number of carbonyl (C=O) groups excluding carboxylic acids is 1. The minimum atomic E-state index is -0.344. The zero-order valence-electron chi connectivity index (χ0n) is 19.3. The SMILES string of the molecule is COc1ccc(NC(=O)C2CCCN2/N=C/c2ccc(OC)c(OC(C)C)c2)cc1OC. The van der Waals surface area contributed by atoms with Crippen LogP contribution < -0.4 is 24.3 Å². The summed E-state index contributed by atoms with van der Waals surface area (Å²) in [7, 11) is 4.75. The summed E-state index contributed by atoms with van der Waals surface area (Å²) in [6, 6.07) is 10.6. The van der Waals surface area contributed by atoms with E-state index in [1.807, 2.05) is 37.1 Å². The first-order chi connectivity index (χ1) is 15.4. The van der Waals surface area contributed by atoms with Gasteiger partial charge in [0.2, 0.25) is 5.91 Å². The van der Waals surface area contributed by atoms with Crippen molar-refractivity contribution in [1.29, 1.82) is 0 Å². The molecule has 1 atom stereocenters. The van der Waals surface area contributed by atoms with Crippen LogP contribution in [-0.2, 0) is 4.79 Å². The lowest BCUT2D eigenvalue weighted by Gasteiger charge is -2.21. The van der Waals surface area contributed by atoms with Crippen molar-refractivity contribution in [2.24, 2.45) is 5.10 Å². The van der Waals surface area contributed by atoms with E-state index in [4.69, 9.17) is 18.9 Å². The zero-order chi connectivity index (χ0) is 23.1. The molecule has 1 N–H and O–H groups in total. The Morgan fingerprint density at radius 2 is 1.72 bits per heavy atom. The summed E-state index contributed by atoms with van der Waals surface area (Å²) < 4.78 is 21.8. The molecule has 8 heteroatoms. The lowest BCUT2D eigenvalue weighted by molar-refractivity contribution is -0.120. The Bertz CT molecular complexity index is 961. The maximum absolute atomic E-state index is 12.9. The van der Waals surface area contributed by atoms with Crippen molar-refractivity contribution in [2.45, 2.75) is 38.8 Å². The van der Waals surface area contributed by atoms with E-state index in [1.54, 1.807) is 45.7 Å². The van der Waals surface area contributed by atoms with Crippen LogP contribution in [0.15, 0.2) is 41.5 Å². The van der Waals surface area contributed by atoms with Crippen molar-refractivity contribution in [1.82, 2.24) is 5.01 Å². The van der Waals surface area contributed by atoms with Gasteiger partial charge >= 0.3 is 0 Å². The molecule has 1 saturated heterocycles. The fourth-order valence-electron chi connectivity index (χ4n) is 3.56. The van der Waals surface area contributed by atoms with Gasteiger partial charge in [-0.2, -0.15) is 5.10 Å². The number of hydrogen-bond donors (Lipinski definition) is 1. The third kappa shape index (κ3) is 5.63. The van der Waals surface area contributed by atoms with Gasteiger partial charge in [0, 0.05) is 18.3 Å². The molecule has 32 heavy (non-hydrogen) atoms. The quantitative estimate of drug-likeness (QED) is 0.594. The molecule has 0 bridgehead atoms. The van der Waals surface area contributed by atoms with Crippen LogP contribution in [0.25, 0.3) is 0 Å². The Morgan fingerprint density at radius 1 is 1.03 bits per heavy atom. The number of carbonyl (C=O) groups is 1. The average molecular weight is 442 g/mol. The topological polar surface area (TPSA) is 81.6 Å². The minimum Gasteiger partial charge on any atom is -0.493 e. The Kier molecular flexibility index (Phi) is 7.81. The third-order valence-corrected chi connectivity index (χ3v) is 5.08. The molecule has 2 aromatic carbocycles. The Labute approximate surface area is 189 Å². The fourth-order valence-corrected chi connectivity index (χ4v) is 3.56. The van der Waals surface area contributed by atoms with Gasteiger partial charge in [-0.15, -0.1) is 0 Å². The molecular weight excluding hydrogens is 410 g/mol. The van der Waals surface area contributed by atoms with Gasteiger partial charge in [0.25, 0.3) is 0 Å². The standard InChI is InChI=1S/C24H31N3O5/c1-16(2)32-23-13-17(8-10-21(23)30-4)15-25-27-12-6-7-19(27)24(28)26-18-9-11-20(29-3)22(14-18)31-5/h8-11,13-16,19H,6-7,12H2,1-5H3,(H,26,28)/b25-15+. The van der Waals surface area contributed by atoms with E-state index in [2.05, 4.69) is 10.4 Å². The first-order valence-corrected chi connectivity index (χ1v) is 10.6. The molecule has 0 radical (unpaired) electrons. The summed E-state index contributed by atoms with van der Waals surface area (Å²) in [5, 5.41) is 9.36. The number of hydrogen-bond acceptors (Lipinski definition) is 7. The molecule has 2 aromatic rings. The first kappa shape index (κ1) is 23.2. The average Bonchev–Trinajstić information content (AvgIpc) is 3.26. The van der Waals surface area contributed by atoms with Crippen LogP contribution in [0.2, 0.25) is 0 Å². The number of benzene rings is 2. The molecule has 172 valence electrons. The van der Waals surface area contributed by atoms with E-state index in [-0.39, 0.29) is 18.1 Å². The summed E-state index contributed by atoms with van der Waals surface area (Å²) in [6.45, 7) is 4.64. The maximum Gasteiger partial charge on any atom is 0.248 e. The predicted molar refractivity (Wildman–Crippen MR) is 124 cm³/mol. The molecule has 1 heterocycles. The lowest BCUT2D eigenvalue weighted by Crippen LogP contribution is -2.36. The van der Waals surface area contributed by atoms with Crippen LogP contribution in [-0.4, -0.2) is 57.2 Å². The second kappa shape index (κ2) is 10.7. The lowest BCUT2D eigenvalue weighted by atomic mass is 10.2. The molecule has 0 aromatic heterocycles. The van der Waals surface area contributed by atoms with Crippen molar-refractivity contribution in [3.8, 4) is 23.0 Å². The predicted octanol–water partition coefficient (Wildman–Crippen LogP) is 3.94. The molecule has 0 saturated carbocycles. The van der Waals surface area contributed by atoms with Gasteiger partial charge in [-0.25, -0.2) is 0 Å². The van der Waals surface area contributed by atoms with Crippen molar-refractivity contribution < 1.29 is 23.7 Å². The zero-order valence-corrected chi connectivity index (χ0v) is 19.3. The van der Waals surface area contributed by atoms with Gasteiger partial charge in [-0.05, 0) is 62.6 Å². The summed E-state index contributed by atoms with van der Waals surface area (Å²) in [6.07, 6.45) is 3.40. The molecule has 1 fully saturated rings. The molecule has 1 aliphatic rings. The summed E-state index contributed by atoms with van der Waals surface area (Å²) in [5.41, 5.74) is 1.52. The molecule has 0 aliphatic carbocycles. The van der Waals surface area contributed by atoms with Crippen LogP contribution in [0, 0.1) is 0 Å². The third-order valence-electron chi connectivity index (χ3n) is 5.08. The number of ether oxygens (including phenoxy) is 4. The van der Waals surface area contributed by atoms with E-state index in [1.165, 1.54) is 0 Å². The van der Waals surface area contributed by atoms with E-state index >= 15 is 0 Å². The Balaban J connectivity index is 1.70. The second-order valence-corrected chi connectivity index (χ2v) is 7.70. The monoisotopic (exact) mass is 441 g/mol. The Hall–Kier alpha value is -3.42. The molecular formula is C24H31N3O5. The number of nitrogens with one attached hydrogen (secondary N) is 1. The highest BCUT2D eigenvalue weighted by Gasteiger charge is 2.30. The minimum absolute atomic E-state index is 0.0272. The smallest absolute Gasteiger partial charge is 0.248 e. The maximum atomic E-state index is 12.9. The number of hydrazone groups is 1. The number of amides is 1. The van der Waals surface area contributed by atoms with Crippen molar-refractivity contribution in [3.63, 3.8) is 0 Å². The fraction of sp³-hybridized carbons (Fsp3) is 0.417. The second-order valence-electron chi connectivity index (χ2n) is 7.70. The molecule has 8 nitrogen and oxygen atoms in total. The van der Waals surface area contributed by atoms with Crippen molar-refractivity contribution >= 4 is 17.8 Å². The van der Waals surface area contributed by atoms with Crippen molar-refractivity contribution in [2.75, 3.05) is 33.2 Å². The normalized spacial score (nSPS) is 15.8. The number of nitrogens with zero attached hydrogens (tertiary/aromatic N) is 2. The summed E-state index contributed by atoms with van der Waals surface area (Å²) in [4.78, 5) is 12.9. The molecule has 1 amide bonds. The molecule has 1 unspecified atom stereocenters. The van der Waals surface area contributed by atoms with Crippen LogP contribution in [0.4, 0.5) is 5.69 Å². The first-order valence-electron chi connectivity index (χ1n) is 10.6. The Morgan fingerprint density at radius 3 is 2.41 bits per heavy atom. The van der Waals surface area contributed by atoms with E-state index < -0.39 is 0 Å². The number of anilines is 1. The molecule has 3 rings (SSSR count). The van der Waals surface area contributed by atoms with Crippen LogP contribution in [0.3, 0.4) is 0 Å².